The summed E-state index contributed by atoms with van der Waals surface area (Å²) in [7, 11) is 2.84. The Morgan fingerprint density at radius 3 is 1.67 bits per heavy atom. The fraction of sp³-hybridized carbons (Fsp3) is 0.286. The molecule has 3 aromatic carbocycles. The second kappa shape index (κ2) is 12.4. The monoisotopic (exact) mass is 512 g/mol. The maximum absolute atomic E-state index is 12.0. The molecule has 4 nitrogen and oxygen atoms in total. The normalized spacial score (nSPS) is 10.2. The van der Waals surface area contributed by atoms with Crippen molar-refractivity contribution in [3.63, 3.8) is 0 Å². The third-order valence-electron chi connectivity index (χ3n) is 5.16. The topological polar surface area (TPSA) is 52.6 Å². The Morgan fingerprint density at radius 1 is 0.697 bits per heavy atom. The van der Waals surface area contributed by atoms with Crippen LogP contribution in [0.1, 0.15) is 54.1 Å². The Kier molecular flexibility index (Phi) is 9.90. The van der Waals surface area contributed by atoms with Crippen molar-refractivity contribution in [3.05, 3.63) is 99.1 Å². The van der Waals surface area contributed by atoms with E-state index in [2.05, 4.69) is 37.3 Å². The van der Waals surface area contributed by atoms with Crippen LogP contribution in [0.25, 0.3) is 0 Å². The minimum absolute atomic E-state index is 0.235. The number of hydrogen-bond donors (Lipinski definition) is 0. The van der Waals surface area contributed by atoms with Gasteiger partial charge in [-0.2, -0.15) is 0 Å². The van der Waals surface area contributed by atoms with E-state index in [0.717, 1.165) is 33.1 Å². The molecule has 3 aromatic rings. The van der Waals surface area contributed by atoms with E-state index in [0.29, 0.717) is 20.5 Å². The molecule has 174 valence electrons. The van der Waals surface area contributed by atoms with Crippen molar-refractivity contribution in [2.45, 2.75) is 39.9 Å². The van der Waals surface area contributed by atoms with Gasteiger partial charge >= 0.3 is 132 Å². The van der Waals surface area contributed by atoms with E-state index in [1.54, 1.807) is 0 Å². The summed E-state index contributed by atoms with van der Waals surface area (Å²) in [4.78, 5) is 23.3. The first-order valence-corrected chi connectivity index (χ1v) is 12.8. The third kappa shape index (κ3) is 7.31. The van der Waals surface area contributed by atoms with Crippen LogP contribution >= 0.6 is 0 Å². The van der Waals surface area contributed by atoms with E-state index in [1.807, 2.05) is 52.0 Å². The van der Waals surface area contributed by atoms with Gasteiger partial charge in [-0.05, 0) is 31.9 Å². The molecule has 0 spiro atoms. The average Bonchev–Trinajstić information content (AvgIpc) is 2.77. The average molecular weight is 512 g/mol. The minimum atomic E-state index is -0.255. The Hall–Kier alpha value is -2.88. The number of methoxy groups -OCH3 is 2. The number of benzene rings is 3. The van der Waals surface area contributed by atoms with Crippen molar-refractivity contribution in [3.8, 4) is 0 Å². The van der Waals surface area contributed by atoms with Crippen LogP contribution < -0.4 is 4.46 Å². The number of ether oxygens (including phenoxy) is 2. The van der Waals surface area contributed by atoms with Gasteiger partial charge in [0.2, 0.25) is 0 Å². The zero-order valence-corrected chi connectivity index (χ0v) is 22.2. The number of rotatable bonds is 5. The molecule has 0 heterocycles. The van der Waals surface area contributed by atoms with Gasteiger partial charge in [-0.25, -0.2) is 4.79 Å². The van der Waals surface area contributed by atoms with Gasteiger partial charge < -0.3 is 4.74 Å². The van der Waals surface area contributed by atoms with Crippen molar-refractivity contribution in [2.24, 2.45) is 0 Å². The molecule has 0 bridgehead atoms. The first-order valence-electron chi connectivity index (χ1n) is 10.7. The van der Waals surface area contributed by atoms with Crippen LogP contribution in [0.15, 0.2) is 54.6 Å². The molecule has 0 amide bonds. The van der Waals surface area contributed by atoms with E-state index in [9.17, 15) is 9.59 Å². The van der Waals surface area contributed by atoms with Gasteiger partial charge in [-0.1, -0.05) is 17.7 Å². The molecule has 0 aliphatic rings. The van der Waals surface area contributed by atoms with Crippen LogP contribution in [-0.4, -0.2) is 41.1 Å². The zero-order valence-electron chi connectivity index (χ0n) is 20.4. The molecule has 0 N–H and O–H groups in total. The summed E-state index contributed by atoms with van der Waals surface area (Å²) in [6, 6.07) is 18.5. The van der Waals surface area contributed by atoms with Gasteiger partial charge in [0.25, 0.3) is 0 Å². The van der Waals surface area contributed by atoms with Gasteiger partial charge in [0, 0.05) is 0 Å². The summed E-state index contributed by atoms with van der Waals surface area (Å²) < 4.78 is 11.0. The predicted molar refractivity (Wildman–Crippen MR) is 135 cm³/mol. The standard InChI is InChI=1S/C17H18O2Se.C11H14O2/c1-12-9-13(2)16(17(18)19-3)14(10-12)11-20-15-7-5-4-6-8-15;1-7-5-8(2)10(9(3)6-7)11(12)13-4/h4-10H,11H2,1-3H3;5-6H,1-4H3. The molecule has 5 heteroatoms. The SMILES string of the molecule is COC(=O)c1c(C)cc(C)cc1C.COC(=O)c1c(C)cc(C)cc1C[Se]c1ccccc1. The number of hydrogen-bond acceptors (Lipinski definition) is 4. The van der Waals surface area contributed by atoms with E-state index in [4.69, 9.17) is 9.47 Å². The molecule has 0 saturated carbocycles. The quantitative estimate of drug-likeness (QED) is 0.357. The van der Waals surface area contributed by atoms with Gasteiger partial charge in [0.05, 0.1) is 12.7 Å². The van der Waals surface area contributed by atoms with Crippen molar-refractivity contribution >= 4 is 31.4 Å². The molecule has 0 aliphatic carbocycles. The first-order chi connectivity index (χ1) is 15.7. The summed E-state index contributed by atoms with van der Waals surface area (Å²) in [5.41, 5.74) is 7.82. The van der Waals surface area contributed by atoms with Gasteiger partial charge in [0.15, 0.2) is 0 Å². The fourth-order valence-electron chi connectivity index (χ4n) is 3.85. The summed E-state index contributed by atoms with van der Waals surface area (Å²) in [5, 5.41) is 0.907. The van der Waals surface area contributed by atoms with Crippen LogP contribution in [0, 0.1) is 34.6 Å². The summed E-state index contributed by atoms with van der Waals surface area (Å²) in [6.45, 7) is 9.89. The maximum atomic E-state index is 12.0. The Labute approximate surface area is 203 Å². The summed E-state index contributed by atoms with van der Waals surface area (Å²) >= 11 is 0.324. The molecule has 0 saturated heterocycles. The van der Waals surface area contributed by atoms with Crippen LogP contribution in [0.3, 0.4) is 0 Å². The number of carbonyl (C=O) groups excluding carboxylic acids is 2. The molecule has 33 heavy (non-hydrogen) atoms. The molecule has 0 unspecified atom stereocenters. The van der Waals surface area contributed by atoms with Gasteiger partial charge in [-0.15, -0.1) is 0 Å². The Balaban J connectivity index is 0.000000257. The summed E-state index contributed by atoms with van der Waals surface area (Å²) in [6.07, 6.45) is 0. The van der Waals surface area contributed by atoms with Crippen molar-refractivity contribution < 1.29 is 19.1 Å². The molecule has 0 radical (unpaired) electrons. The molecule has 0 aliphatic heterocycles. The molecule has 3 rings (SSSR count). The molecular weight excluding hydrogens is 479 g/mol. The Bertz CT molecular complexity index is 1100. The van der Waals surface area contributed by atoms with E-state index in [1.165, 1.54) is 29.8 Å². The molecule has 0 fully saturated rings. The van der Waals surface area contributed by atoms with Crippen LogP contribution in [0.5, 0.6) is 0 Å². The number of carbonyl (C=O) groups is 2. The second-order valence-electron chi connectivity index (χ2n) is 7.97. The van der Waals surface area contributed by atoms with E-state index >= 15 is 0 Å². The number of esters is 2. The Morgan fingerprint density at radius 2 is 1.15 bits per heavy atom. The van der Waals surface area contributed by atoms with Crippen LogP contribution in [0.2, 0.25) is 0 Å². The van der Waals surface area contributed by atoms with Gasteiger partial charge in [-0.3, -0.25) is 0 Å². The van der Waals surface area contributed by atoms with Crippen LogP contribution in [-0.2, 0) is 14.8 Å². The van der Waals surface area contributed by atoms with E-state index < -0.39 is 0 Å². The number of aryl methyl sites for hydroxylation is 5. The van der Waals surface area contributed by atoms with Crippen LogP contribution in [0.4, 0.5) is 0 Å². The summed E-state index contributed by atoms with van der Waals surface area (Å²) in [5.74, 6) is -0.489. The first kappa shape index (κ1) is 26.4. The fourth-order valence-corrected chi connectivity index (χ4v) is 5.73. The second-order valence-corrected chi connectivity index (χ2v) is 10.2. The van der Waals surface area contributed by atoms with E-state index in [-0.39, 0.29) is 11.9 Å². The molecule has 0 aromatic heterocycles. The van der Waals surface area contributed by atoms with Gasteiger partial charge in [0.1, 0.15) is 0 Å². The molecular formula is C28H32O4Se. The van der Waals surface area contributed by atoms with Crippen molar-refractivity contribution in [1.82, 2.24) is 0 Å². The zero-order chi connectivity index (χ0) is 24.5. The predicted octanol–water partition coefficient (Wildman–Crippen LogP) is 5.02. The third-order valence-corrected chi connectivity index (χ3v) is 7.38. The molecule has 0 atom stereocenters. The van der Waals surface area contributed by atoms with Crippen molar-refractivity contribution in [1.29, 1.82) is 0 Å². The van der Waals surface area contributed by atoms with Crippen molar-refractivity contribution in [2.75, 3.05) is 14.2 Å².